The normalized spacial score (nSPS) is 11.4. The quantitative estimate of drug-likeness (QED) is 0.317. The van der Waals surface area contributed by atoms with E-state index in [0.29, 0.717) is 6.42 Å². The molecule has 196 valence electrons. The van der Waals surface area contributed by atoms with Crippen LogP contribution < -0.4 is 10.9 Å². The molecule has 3 N–H and O–H groups in total. The number of alkyl halides is 3. The Morgan fingerprint density at radius 2 is 1.76 bits per heavy atom. The number of amides is 1. The summed E-state index contributed by atoms with van der Waals surface area (Å²) in [4.78, 5) is 40.8. The molecule has 0 aliphatic rings. The average Bonchev–Trinajstić information content (AvgIpc) is 2.88. The van der Waals surface area contributed by atoms with E-state index in [1.807, 2.05) is 30.3 Å². The van der Waals surface area contributed by atoms with E-state index < -0.39 is 40.6 Å². The van der Waals surface area contributed by atoms with Crippen molar-refractivity contribution in [1.29, 1.82) is 0 Å². The number of carboxylic acid groups (broad SMARTS) is 1. The van der Waals surface area contributed by atoms with Crippen LogP contribution in [-0.2, 0) is 23.9 Å². The Balaban J connectivity index is 1.86. The predicted octanol–water partition coefficient (Wildman–Crippen LogP) is 4.24. The summed E-state index contributed by atoms with van der Waals surface area (Å²) in [5.74, 6) is -2.56. The van der Waals surface area contributed by atoms with E-state index in [4.69, 9.17) is 5.11 Å². The molecule has 4 rings (SSSR count). The zero-order valence-electron chi connectivity index (χ0n) is 19.8. The van der Waals surface area contributed by atoms with Gasteiger partial charge in [0.25, 0.3) is 11.5 Å². The molecule has 0 spiro atoms. The molecule has 0 aliphatic heterocycles. The zero-order chi connectivity index (χ0) is 27.4. The van der Waals surface area contributed by atoms with Crippen molar-refractivity contribution in [1.82, 2.24) is 14.9 Å². The van der Waals surface area contributed by atoms with Crippen LogP contribution in [0.2, 0.25) is 0 Å². The maximum absolute atomic E-state index is 13.5. The number of aromatic hydroxyl groups is 1. The van der Waals surface area contributed by atoms with Gasteiger partial charge >= 0.3 is 12.1 Å². The Kier molecular flexibility index (Phi) is 7.47. The first-order chi connectivity index (χ1) is 18.1. The average molecular weight is 525 g/mol. The summed E-state index contributed by atoms with van der Waals surface area (Å²) in [5.41, 5.74) is -0.967. The number of rotatable bonds is 8. The lowest BCUT2D eigenvalue weighted by atomic mass is 10.0. The van der Waals surface area contributed by atoms with E-state index in [9.17, 15) is 32.7 Å². The molecule has 0 radical (unpaired) electrons. The van der Waals surface area contributed by atoms with Crippen molar-refractivity contribution in [3.8, 4) is 16.9 Å². The van der Waals surface area contributed by atoms with E-state index >= 15 is 0 Å². The highest BCUT2D eigenvalue weighted by molar-refractivity contribution is 6.01. The van der Waals surface area contributed by atoms with E-state index in [1.165, 1.54) is 29.0 Å². The predicted molar refractivity (Wildman–Crippen MR) is 133 cm³/mol. The maximum Gasteiger partial charge on any atom is 0.416 e. The topological polar surface area (TPSA) is 122 Å². The summed E-state index contributed by atoms with van der Waals surface area (Å²) in [7, 11) is 0. The second-order valence-corrected chi connectivity index (χ2v) is 8.48. The summed E-state index contributed by atoms with van der Waals surface area (Å²) in [6, 6.07) is 14.7. The monoisotopic (exact) mass is 525 g/mol. The number of nitrogens with one attached hydrogen (secondary N) is 1. The first kappa shape index (κ1) is 26.4. The number of pyridine rings is 2. The van der Waals surface area contributed by atoms with Crippen molar-refractivity contribution in [3.05, 3.63) is 94.0 Å². The fourth-order valence-corrected chi connectivity index (χ4v) is 4.03. The van der Waals surface area contributed by atoms with Gasteiger partial charge in [0.1, 0.15) is 0 Å². The largest absolute Gasteiger partial charge is 0.505 e. The summed E-state index contributed by atoms with van der Waals surface area (Å²) in [6.07, 6.45) is -3.35. The van der Waals surface area contributed by atoms with Gasteiger partial charge in [0.15, 0.2) is 11.4 Å². The lowest BCUT2D eigenvalue weighted by molar-refractivity contribution is -0.138. The van der Waals surface area contributed by atoms with E-state index in [0.717, 1.165) is 17.7 Å². The number of carbonyl (C=O) groups is 2. The SMILES string of the molecule is O=C(O)CCNC(=O)c1ncc2c(cc(-c3cccc(C(F)(F)F)c3)c(=O)n2CCc2ccccc2)c1O. The fourth-order valence-electron chi connectivity index (χ4n) is 4.03. The Labute approximate surface area is 214 Å². The number of nitrogens with zero attached hydrogens (tertiary/aromatic N) is 2. The fraction of sp³-hybridized carbons (Fsp3) is 0.185. The number of fused-ring (bicyclic) bond motifs is 1. The molecule has 2 aromatic carbocycles. The van der Waals surface area contributed by atoms with E-state index in [1.54, 1.807) is 0 Å². The minimum absolute atomic E-state index is 0.0103. The molecule has 4 aromatic rings. The molecule has 1 amide bonds. The van der Waals surface area contributed by atoms with Gasteiger partial charge in [-0.25, -0.2) is 4.98 Å². The van der Waals surface area contributed by atoms with Gasteiger partial charge in [0.05, 0.1) is 23.7 Å². The van der Waals surface area contributed by atoms with E-state index in [-0.39, 0.29) is 41.5 Å². The van der Waals surface area contributed by atoms with Crippen LogP contribution in [-0.4, -0.2) is 38.2 Å². The van der Waals surface area contributed by atoms with Crippen molar-refractivity contribution >= 4 is 22.8 Å². The Morgan fingerprint density at radius 3 is 2.45 bits per heavy atom. The van der Waals surface area contributed by atoms with Crippen LogP contribution in [0.25, 0.3) is 22.0 Å². The van der Waals surface area contributed by atoms with Gasteiger partial charge in [-0.15, -0.1) is 0 Å². The van der Waals surface area contributed by atoms with E-state index in [2.05, 4.69) is 10.3 Å². The van der Waals surface area contributed by atoms with Gasteiger partial charge in [-0.1, -0.05) is 42.5 Å². The number of halogens is 3. The van der Waals surface area contributed by atoms with Crippen LogP contribution in [0.3, 0.4) is 0 Å². The molecule has 0 saturated carbocycles. The highest BCUT2D eigenvalue weighted by Gasteiger charge is 2.31. The summed E-state index contributed by atoms with van der Waals surface area (Å²) in [5, 5.41) is 22.1. The van der Waals surface area contributed by atoms with Gasteiger partial charge in [0, 0.05) is 24.0 Å². The van der Waals surface area contributed by atoms with Gasteiger partial charge in [-0.3, -0.25) is 14.4 Å². The van der Waals surface area contributed by atoms with Gasteiger partial charge in [-0.2, -0.15) is 13.2 Å². The van der Waals surface area contributed by atoms with Crippen molar-refractivity contribution in [2.24, 2.45) is 0 Å². The second kappa shape index (κ2) is 10.8. The Morgan fingerprint density at radius 1 is 1.03 bits per heavy atom. The van der Waals surface area contributed by atoms with Gasteiger partial charge in [0.2, 0.25) is 0 Å². The van der Waals surface area contributed by atoms with Crippen LogP contribution in [0.15, 0.2) is 71.7 Å². The second-order valence-electron chi connectivity index (χ2n) is 8.48. The molecule has 11 heteroatoms. The first-order valence-electron chi connectivity index (χ1n) is 11.5. The molecule has 8 nitrogen and oxygen atoms in total. The van der Waals surface area contributed by atoms with Crippen molar-refractivity contribution in [3.63, 3.8) is 0 Å². The van der Waals surface area contributed by atoms with Crippen molar-refractivity contribution in [2.75, 3.05) is 6.54 Å². The first-order valence-corrected chi connectivity index (χ1v) is 11.5. The number of aromatic nitrogens is 2. The number of hydrogen-bond donors (Lipinski definition) is 3. The molecule has 0 atom stereocenters. The maximum atomic E-state index is 13.5. The highest BCUT2D eigenvalue weighted by Crippen LogP contribution is 2.34. The number of benzene rings is 2. The van der Waals surface area contributed by atoms with Crippen LogP contribution in [0.5, 0.6) is 5.75 Å². The number of carboxylic acids is 1. The third-order valence-electron chi connectivity index (χ3n) is 5.93. The van der Waals surface area contributed by atoms with Crippen molar-refractivity contribution < 1.29 is 33.0 Å². The number of hydrogen-bond acceptors (Lipinski definition) is 5. The highest BCUT2D eigenvalue weighted by atomic mass is 19.4. The molecule has 0 fully saturated rings. The Hall–Kier alpha value is -4.67. The zero-order valence-corrected chi connectivity index (χ0v) is 19.8. The molecular formula is C27H22F3N3O5. The molecule has 0 bridgehead atoms. The summed E-state index contributed by atoms with van der Waals surface area (Å²) in [6.45, 7) is -0.0865. The molecule has 2 aromatic heterocycles. The third-order valence-corrected chi connectivity index (χ3v) is 5.93. The number of aliphatic carboxylic acids is 1. The minimum atomic E-state index is -4.63. The Bertz CT molecular complexity index is 1570. The molecule has 0 unspecified atom stereocenters. The molecule has 0 aliphatic carbocycles. The smallest absolute Gasteiger partial charge is 0.416 e. The lowest BCUT2D eigenvalue weighted by Gasteiger charge is -2.16. The van der Waals surface area contributed by atoms with Gasteiger partial charge < -0.3 is 20.1 Å². The number of carbonyl (C=O) groups excluding carboxylic acids is 1. The lowest BCUT2D eigenvalue weighted by Crippen LogP contribution is -2.27. The molecule has 2 heterocycles. The summed E-state index contributed by atoms with van der Waals surface area (Å²) >= 11 is 0. The van der Waals surface area contributed by atoms with Crippen LogP contribution in [0, 0.1) is 0 Å². The summed E-state index contributed by atoms with van der Waals surface area (Å²) < 4.78 is 41.4. The van der Waals surface area contributed by atoms with Gasteiger partial charge in [-0.05, 0) is 35.7 Å². The molecule has 0 saturated heterocycles. The van der Waals surface area contributed by atoms with Crippen LogP contribution >= 0.6 is 0 Å². The molecule has 38 heavy (non-hydrogen) atoms. The third kappa shape index (κ3) is 5.66. The number of aryl methyl sites for hydroxylation is 2. The standard InChI is InChI=1S/C27H22F3N3O5/c28-27(29,30)18-8-4-7-17(13-18)19-14-20-21(33(26(19)38)12-10-16-5-2-1-3-6-16)15-32-23(24(20)36)25(37)31-11-9-22(34)35/h1-8,13-15,36H,9-12H2,(H,31,37)(H,34,35). The van der Waals surface area contributed by atoms with Crippen LogP contribution in [0.1, 0.15) is 28.0 Å². The van der Waals surface area contributed by atoms with Crippen molar-refractivity contribution in [2.45, 2.75) is 25.6 Å². The molecular weight excluding hydrogens is 503 g/mol. The minimum Gasteiger partial charge on any atom is -0.505 e. The van der Waals surface area contributed by atoms with Crippen LogP contribution in [0.4, 0.5) is 13.2 Å².